The molecule has 4 nitrogen and oxygen atoms in total. The predicted molar refractivity (Wildman–Crippen MR) is 102 cm³/mol. The number of rotatable bonds is 4. The molecule has 0 spiro atoms. The number of nitrogens with zero attached hydrogens (tertiary/aromatic N) is 2. The van der Waals surface area contributed by atoms with Crippen LogP contribution in [-0.4, -0.2) is 15.7 Å². The van der Waals surface area contributed by atoms with Crippen molar-refractivity contribution in [3.05, 3.63) is 83.2 Å². The molecule has 0 aliphatic heterocycles. The van der Waals surface area contributed by atoms with Gasteiger partial charge in [0.1, 0.15) is 0 Å². The van der Waals surface area contributed by atoms with Crippen molar-refractivity contribution in [3.63, 3.8) is 0 Å². The molecule has 3 aromatic rings. The van der Waals surface area contributed by atoms with Gasteiger partial charge in [-0.15, -0.1) is 0 Å². The highest BCUT2D eigenvalue weighted by Gasteiger charge is 2.14. The zero-order valence-corrected chi connectivity index (χ0v) is 14.7. The highest BCUT2D eigenvalue weighted by molar-refractivity contribution is 6.02. The topological polar surface area (TPSA) is 46.9 Å². The molecule has 4 heteroatoms. The number of anilines is 1. The van der Waals surface area contributed by atoms with E-state index < -0.39 is 0 Å². The van der Waals surface area contributed by atoms with Crippen molar-refractivity contribution < 1.29 is 4.79 Å². The quantitative estimate of drug-likeness (QED) is 0.718. The molecular formula is C21H21N3O. The van der Waals surface area contributed by atoms with Crippen molar-refractivity contribution in [2.75, 3.05) is 5.32 Å². The Kier molecular flexibility index (Phi) is 4.80. The van der Waals surface area contributed by atoms with E-state index in [-0.39, 0.29) is 5.91 Å². The molecule has 0 saturated carbocycles. The van der Waals surface area contributed by atoms with Crippen LogP contribution in [0.25, 0.3) is 11.8 Å². The monoisotopic (exact) mass is 331 g/mol. The van der Waals surface area contributed by atoms with Gasteiger partial charge in [0.05, 0.1) is 22.8 Å². The van der Waals surface area contributed by atoms with Gasteiger partial charge in [0.2, 0.25) is 5.91 Å². The Bertz CT molecular complexity index is 906. The van der Waals surface area contributed by atoms with Crippen molar-refractivity contribution in [2.45, 2.75) is 20.8 Å². The van der Waals surface area contributed by atoms with E-state index in [4.69, 9.17) is 0 Å². The third kappa shape index (κ3) is 3.86. The highest BCUT2D eigenvalue weighted by Crippen LogP contribution is 2.22. The molecule has 0 unspecified atom stereocenters. The fourth-order valence-corrected chi connectivity index (χ4v) is 2.66. The number of aromatic nitrogens is 2. The number of hydrogen-bond acceptors (Lipinski definition) is 2. The van der Waals surface area contributed by atoms with Crippen LogP contribution in [0.15, 0.2) is 60.7 Å². The summed E-state index contributed by atoms with van der Waals surface area (Å²) < 4.78 is 1.84. The Labute approximate surface area is 147 Å². The normalized spacial score (nSPS) is 11.0. The molecular weight excluding hydrogens is 310 g/mol. The molecule has 0 bridgehead atoms. The summed E-state index contributed by atoms with van der Waals surface area (Å²) in [6.45, 7) is 5.88. The average molecular weight is 331 g/mol. The van der Waals surface area contributed by atoms with Crippen molar-refractivity contribution in [1.29, 1.82) is 0 Å². The van der Waals surface area contributed by atoms with Gasteiger partial charge in [0.15, 0.2) is 0 Å². The van der Waals surface area contributed by atoms with Crippen LogP contribution in [0.4, 0.5) is 5.69 Å². The van der Waals surface area contributed by atoms with Gasteiger partial charge in [-0.3, -0.25) is 4.79 Å². The summed E-state index contributed by atoms with van der Waals surface area (Å²) in [5.74, 6) is -0.167. The first-order valence-electron chi connectivity index (χ1n) is 8.22. The number of aryl methyl sites for hydroxylation is 2. The Morgan fingerprint density at radius 3 is 2.36 bits per heavy atom. The first kappa shape index (κ1) is 16.7. The highest BCUT2D eigenvalue weighted by atomic mass is 16.1. The van der Waals surface area contributed by atoms with E-state index in [9.17, 15) is 4.79 Å². The summed E-state index contributed by atoms with van der Waals surface area (Å²) in [6.07, 6.45) is 3.35. The van der Waals surface area contributed by atoms with Crippen LogP contribution in [0.2, 0.25) is 0 Å². The van der Waals surface area contributed by atoms with Crippen LogP contribution in [0.1, 0.15) is 22.5 Å². The van der Waals surface area contributed by atoms with Crippen LogP contribution in [0.3, 0.4) is 0 Å². The van der Waals surface area contributed by atoms with Gasteiger partial charge < -0.3 is 5.32 Å². The molecule has 3 rings (SSSR count). The third-order valence-electron chi connectivity index (χ3n) is 4.04. The molecule has 0 radical (unpaired) electrons. The number of nitrogens with one attached hydrogen (secondary N) is 1. The summed E-state index contributed by atoms with van der Waals surface area (Å²) in [4.78, 5) is 12.3. The Morgan fingerprint density at radius 1 is 1.00 bits per heavy atom. The Balaban J connectivity index is 1.77. The fourth-order valence-electron chi connectivity index (χ4n) is 2.66. The minimum Gasteiger partial charge on any atom is -0.319 e. The lowest BCUT2D eigenvalue weighted by atomic mass is 10.1. The van der Waals surface area contributed by atoms with Crippen molar-refractivity contribution in [3.8, 4) is 5.69 Å². The van der Waals surface area contributed by atoms with E-state index in [1.807, 2.05) is 80.1 Å². The largest absolute Gasteiger partial charge is 0.319 e. The molecule has 2 aromatic carbocycles. The van der Waals surface area contributed by atoms with E-state index in [1.165, 1.54) is 5.56 Å². The van der Waals surface area contributed by atoms with Gasteiger partial charge in [-0.2, -0.15) is 5.10 Å². The molecule has 1 N–H and O–H groups in total. The van der Waals surface area contributed by atoms with Gasteiger partial charge in [-0.05, 0) is 44.5 Å². The first-order chi connectivity index (χ1) is 12.0. The van der Waals surface area contributed by atoms with Crippen LogP contribution in [0, 0.1) is 20.8 Å². The minimum atomic E-state index is -0.167. The minimum absolute atomic E-state index is 0.167. The Morgan fingerprint density at radius 2 is 1.68 bits per heavy atom. The van der Waals surface area contributed by atoms with E-state index in [0.29, 0.717) is 0 Å². The fraction of sp³-hybridized carbons (Fsp3) is 0.143. The molecule has 1 heterocycles. The lowest BCUT2D eigenvalue weighted by Crippen LogP contribution is -2.09. The SMILES string of the molecule is Cc1ccc(/C=C/C(=O)Nc2c(C)nn(-c3ccccc3)c2C)cc1. The maximum absolute atomic E-state index is 12.3. The molecule has 25 heavy (non-hydrogen) atoms. The number of carbonyl (C=O) groups is 1. The predicted octanol–water partition coefficient (Wildman–Crippen LogP) is 4.45. The lowest BCUT2D eigenvalue weighted by molar-refractivity contribution is -0.111. The Hall–Kier alpha value is -3.14. The van der Waals surface area contributed by atoms with E-state index in [0.717, 1.165) is 28.3 Å². The molecule has 0 fully saturated rings. The third-order valence-corrected chi connectivity index (χ3v) is 4.04. The van der Waals surface area contributed by atoms with E-state index >= 15 is 0 Å². The second kappa shape index (κ2) is 7.18. The second-order valence-corrected chi connectivity index (χ2v) is 6.03. The van der Waals surface area contributed by atoms with E-state index in [2.05, 4.69) is 10.4 Å². The lowest BCUT2D eigenvalue weighted by Gasteiger charge is -2.05. The average Bonchev–Trinajstić information content (AvgIpc) is 2.90. The molecule has 0 atom stereocenters. The summed E-state index contributed by atoms with van der Waals surface area (Å²) in [5.41, 5.74) is 5.61. The number of para-hydroxylation sites is 1. The first-order valence-corrected chi connectivity index (χ1v) is 8.22. The maximum atomic E-state index is 12.3. The molecule has 0 aliphatic rings. The standard InChI is InChI=1S/C21H21N3O/c1-15-9-11-18(12-10-15)13-14-20(25)22-21-16(2)23-24(17(21)3)19-7-5-4-6-8-19/h4-14H,1-3H3,(H,22,25)/b14-13+. The zero-order chi connectivity index (χ0) is 17.8. The summed E-state index contributed by atoms with van der Waals surface area (Å²) in [6, 6.07) is 17.9. The van der Waals surface area contributed by atoms with Gasteiger partial charge in [0, 0.05) is 6.08 Å². The van der Waals surface area contributed by atoms with Gasteiger partial charge >= 0.3 is 0 Å². The van der Waals surface area contributed by atoms with Gasteiger partial charge in [-0.25, -0.2) is 4.68 Å². The number of benzene rings is 2. The molecule has 0 saturated heterocycles. The number of carbonyl (C=O) groups excluding carboxylic acids is 1. The van der Waals surface area contributed by atoms with Crippen LogP contribution < -0.4 is 5.32 Å². The van der Waals surface area contributed by atoms with E-state index in [1.54, 1.807) is 12.2 Å². The maximum Gasteiger partial charge on any atom is 0.248 e. The van der Waals surface area contributed by atoms with Crippen molar-refractivity contribution in [2.24, 2.45) is 0 Å². The molecule has 0 aliphatic carbocycles. The summed E-state index contributed by atoms with van der Waals surface area (Å²) in [7, 11) is 0. The molecule has 1 aromatic heterocycles. The van der Waals surface area contributed by atoms with Crippen molar-refractivity contribution >= 4 is 17.7 Å². The van der Waals surface area contributed by atoms with Crippen molar-refractivity contribution in [1.82, 2.24) is 9.78 Å². The second-order valence-electron chi connectivity index (χ2n) is 6.03. The number of hydrogen-bond donors (Lipinski definition) is 1. The van der Waals surface area contributed by atoms with Gasteiger partial charge in [-0.1, -0.05) is 48.0 Å². The van der Waals surface area contributed by atoms with Gasteiger partial charge in [0.25, 0.3) is 0 Å². The smallest absolute Gasteiger partial charge is 0.248 e. The summed E-state index contributed by atoms with van der Waals surface area (Å²) >= 11 is 0. The zero-order valence-electron chi connectivity index (χ0n) is 14.7. The summed E-state index contributed by atoms with van der Waals surface area (Å²) in [5, 5.41) is 7.48. The molecule has 126 valence electrons. The van der Waals surface area contributed by atoms with Crippen LogP contribution in [-0.2, 0) is 4.79 Å². The number of amides is 1. The molecule has 1 amide bonds. The van der Waals surface area contributed by atoms with Crippen LogP contribution in [0.5, 0.6) is 0 Å². The van der Waals surface area contributed by atoms with Crippen LogP contribution >= 0.6 is 0 Å².